The third-order valence-corrected chi connectivity index (χ3v) is 5.60. The molecule has 0 radical (unpaired) electrons. The zero-order valence-corrected chi connectivity index (χ0v) is 13.8. The van der Waals surface area contributed by atoms with E-state index in [9.17, 15) is 4.39 Å². The minimum absolute atomic E-state index is 0.00276. The number of likely N-dealkylation sites (N-methyl/N-ethyl adjacent to an activating group) is 1. The number of halogens is 1. The Bertz CT molecular complexity index is 474. The van der Waals surface area contributed by atoms with Gasteiger partial charge in [0.2, 0.25) is 0 Å². The smallest absolute Gasteiger partial charge is 0.127 e. The molecule has 0 heterocycles. The van der Waals surface area contributed by atoms with Crippen molar-refractivity contribution in [3.05, 3.63) is 35.6 Å². The predicted molar refractivity (Wildman–Crippen MR) is 86.6 cm³/mol. The van der Waals surface area contributed by atoms with Crippen molar-refractivity contribution in [2.75, 3.05) is 13.6 Å². The minimum Gasteiger partial charge on any atom is -0.329 e. The molecule has 118 valence electrons. The predicted octanol–water partition coefficient (Wildman–Crippen LogP) is 4.12. The Balaban J connectivity index is 2.21. The van der Waals surface area contributed by atoms with E-state index in [0.717, 1.165) is 18.4 Å². The lowest BCUT2D eigenvalue weighted by atomic mass is 9.68. The van der Waals surface area contributed by atoms with Crippen LogP contribution in [0.5, 0.6) is 0 Å². The average molecular weight is 292 g/mol. The molecule has 3 heteroatoms. The summed E-state index contributed by atoms with van der Waals surface area (Å²) in [6.45, 7) is 7.37. The van der Waals surface area contributed by atoms with Crippen LogP contribution < -0.4 is 5.73 Å². The summed E-state index contributed by atoms with van der Waals surface area (Å²) in [5, 5.41) is 0. The van der Waals surface area contributed by atoms with E-state index >= 15 is 0 Å². The maximum Gasteiger partial charge on any atom is 0.127 e. The van der Waals surface area contributed by atoms with E-state index < -0.39 is 0 Å². The summed E-state index contributed by atoms with van der Waals surface area (Å²) in [5.74, 6) is -0.125. The zero-order valence-electron chi connectivity index (χ0n) is 13.8. The van der Waals surface area contributed by atoms with Crippen molar-refractivity contribution in [3.63, 3.8) is 0 Å². The van der Waals surface area contributed by atoms with Gasteiger partial charge in [0, 0.05) is 23.7 Å². The number of hydrogen-bond acceptors (Lipinski definition) is 2. The molecule has 1 fully saturated rings. The molecule has 1 aromatic rings. The molecule has 1 atom stereocenters. The number of benzene rings is 1. The number of nitrogens with zero attached hydrogens (tertiary/aromatic N) is 1. The van der Waals surface area contributed by atoms with Crippen LogP contribution in [0.4, 0.5) is 4.39 Å². The van der Waals surface area contributed by atoms with Gasteiger partial charge in [-0.1, -0.05) is 32.0 Å². The molecule has 21 heavy (non-hydrogen) atoms. The SMILES string of the molecule is CC(c1ccccc1F)N(C)C1(CN)CCC(C)(C)CC1. The van der Waals surface area contributed by atoms with Crippen molar-refractivity contribution in [2.24, 2.45) is 11.1 Å². The molecule has 1 saturated carbocycles. The van der Waals surface area contributed by atoms with E-state index in [0.29, 0.717) is 12.0 Å². The van der Waals surface area contributed by atoms with Crippen molar-refractivity contribution >= 4 is 0 Å². The molecule has 0 aliphatic heterocycles. The first-order chi connectivity index (χ1) is 9.81. The van der Waals surface area contributed by atoms with Crippen LogP contribution in [0.2, 0.25) is 0 Å². The van der Waals surface area contributed by atoms with Gasteiger partial charge in [0.1, 0.15) is 5.82 Å². The van der Waals surface area contributed by atoms with Crippen LogP contribution in [0.3, 0.4) is 0 Å². The van der Waals surface area contributed by atoms with Crippen LogP contribution in [0.15, 0.2) is 24.3 Å². The first-order valence-corrected chi connectivity index (χ1v) is 7.99. The standard InChI is InChI=1S/C18H29FN2/c1-14(15-7-5-6-8-16(15)19)21(4)18(13-20)11-9-17(2,3)10-12-18/h5-8,14H,9-13,20H2,1-4H3. The molecule has 0 bridgehead atoms. The molecule has 0 saturated heterocycles. The van der Waals surface area contributed by atoms with Gasteiger partial charge in [-0.25, -0.2) is 4.39 Å². The van der Waals surface area contributed by atoms with Crippen LogP contribution in [0, 0.1) is 11.2 Å². The second-order valence-electron chi connectivity index (χ2n) is 7.40. The summed E-state index contributed by atoms with van der Waals surface area (Å²) >= 11 is 0. The molecule has 1 aliphatic rings. The minimum atomic E-state index is -0.125. The maximum absolute atomic E-state index is 14.1. The van der Waals surface area contributed by atoms with E-state index in [4.69, 9.17) is 5.73 Å². The highest BCUT2D eigenvalue weighted by Gasteiger charge is 2.42. The summed E-state index contributed by atoms with van der Waals surface area (Å²) in [7, 11) is 2.10. The van der Waals surface area contributed by atoms with E-state index in [1.54, 1.807) is 12.1 Å². The largest absolute Gasteiger partial charge is 0.329 e. The maximum atomic E-state index is 14.1. The highest BCUT2D eigenvalue weighted by molar-refractivity contribution is 5.21. The van der Waals surface area contributed by atoms with Gasteiger partial charge in [0.15, 0.2) is 0 Å². The first kappa shape index (κ1) is 16.4. The average Bonchev–Trinajstić information content (AvgIpc) is 2.47. The highest BCUT2D eigenvalue weighted by Crippen LogP contribution is 2.44. The third kappa shape index (κ3) is 3.29. The molecule has 0 spiro atoms. The molecular formula is C18H29FN2. The van der Waals surface area contributed by atoms with Crippen LogP contribution in [-0.4, -0.2) is 24.0 Å². The Morgan fingerprint density at radius 1 is 1.19 bits per heavy atom. The van der Waals surface area contributed by atoms with Gasteiger partial charge in [-0.15, -0.1) is 0 Å². The van der Waals surface area contributed by atoms with Crippen LogP contribution in [0.25, 0.3) is 0 Å². The Hall–Kier alpha value is -0.930. The molecule has 2 rings (SSSR count). The van der Waals surface area contributed by atoms with Crippen molar-refractivity contribution in [1.29, 1.82) is 0 Å². The van der Waals surface area contributed by atoms with Crippen molar-refractivity contribution in [2.45, 2.75) is 58.0 Å². The summed E-state index contributed by atoms with van der Waals surface area (Å²) in [5.41, 5.74) is 7.31. The topological polar surface area (TPSA) is 29.3 Å². The van der Waals surface area contributed by atoms with E-state index in [2.05, 4.69) is 32.7 Å². The van der Waals surface area contributed by atoms with Gasteiger partial charge in [0.05, 0.1) is 0 Å². The second kappa shape index (κ2) is 6.05. The van der Waals surface area contributed by atoms with E-state index in [-0.39, 0.29) is 17.4 Å². The van der Waals surface area contributed by atoms with Gasteiger partial charge in [-0.2, -0.15) is 0 Å². The van der Waals surface area contributed by atoms with Crippen LogP contribution in [-0.2, 0) is 0 Å². The Morgan fingerprint density at radius 3 is 2.29 bits per heavy atom. The second-order valence-corrected chi connectivity index (χ2v) is 7.40. The lowest BCUT2D eigenvalue weighted by molar-refractivity contribution is 0.0159. The molecule has 0 amide bonds. The van der Waals surface area contributed by atoms with E-state index in [1.807, 2.05) is 12.1 Å². The van der Waals surface area contributed by atoms with Crippen LogP contribution in [0.1, 0.15) is 58.1 Å². The van der Waals surface area contributed by atoms with Gasteiger partial charge >= 0.3 is 0 Å². The Kier molecular flexibility index (Phi) is 4.74. The monoisotopic (exact) mass is 292 g/mol. The van der Waals surface area contributed by atoms with Crippen LogP contribution >= 0.6 is 0 Å². The normalized spacial score (nSPS) is 22.2. The molecule has 1 unspecified atom stereocenters. The summed E-state index contributed by atoms with van der Waals surface area (Å²) < 4.78 is 14.1. The van der Waals surface area contributed by atoms with Crippen molar-refractivity contribution < 1.29 is 4.39 Å². The van der Waals surface area contributed by atoms with Gasteiger partial charge in [-0.3, -0.25) is 4.90 Å². The van der Waals surface area contributed by atoms with Gasteiger partial charge < -0.3 is 5.73 Å². The van der Waals surface area contributed by atoms with E-state index in [1.165, 1.54) is 12.8 Å². The molecule has 2 N–H and O–H groups in total. The lowest BCUT2D eigenvalue weighted by Crippen LogP contribution is -2.55. The summed E-state index contributed by atoms with van der Waals surface area (Å²) in [4.78, 5) is 2.31. The fourth-order valence-corrected chi connectivity index (χ4v) is 3.53. The molecule has 2 nitrogen and oxygen atoms in total. The molecule has 1 aromatic carbocycles. The van der Waals surface area contributed by atoms with Gasteiger partial charge in [-0.05, 0) is 51.1 Å². The summed E-state index contributed by atoms with van der Waals surface area (Å²) in [6.07, 6.45) is 4.54. The Labute approximate surface area is 128 Å². The zero-order chi connectivity index (χ0) is 15.7. The number of hydrogen-bond donors (Lipinski definition) is 1. The first-order valence-electron chi connectivity index (χ1n) is 7.99. The third-order valence-electron chi connectivity index (χ3n) is 5.60. The van der Waals surface area contributed by atoms with Crippen molar-refractivity contribution in [1.82, 2.24) is 4.90 Å². The molecule has 0 aromatic heterocycles. The fraction of sp³-hybridized carbons (Fsp3) is 0.667. The lowest BCUT2D eigenvalue weighted by Gasteiger charge is -2.50. The fourth-order valence-electron chi connectivity index (χ4n) is 3.53. The molecular weight excluding hydrogens is 263 g/mol. The number of nitrogens with two attached hydrogens (primary N) is 1. The Morgan fingerprint density at radius 2 is 1.76 bits per heavy atom. The summed E-state index contributed by atoms with van der Waals surface area (Å²) in [6, 6.07) is 7.11. The van der Waals surface area contributed by atoms with Gasteiger partial charge in [0.25, 0.3) is 0 Å². The van der Waals surface area contributed by atoms with Crippen molar-refractivity contribution in [3.8, 4) is 0 Å². The quantitative estimate of drug-likeness (QED) is 0.904. The number of rotatable bonds is 4. The highest BCUT2D eigenvalue weighted by atomic mass is 19.1. The molecule has 1 aliphatic carbocycles.